The Hall–Kier alpha value is -2.21. The maximum atomic E-state index is 12.0. The highest BCUT2D eigenvalue weighted by molar-refractivity contribution is 5.88. The van der Waals surface area contributed by atoms with Gasteiger partial charge in [-0.05, 0) is 31.9 Å². The summed E-state index contributed by atoms with van der Waals surface area (Å²) in [5.74, 6) is 1.87. The topological polar surface area (TPSA) is 75.4 Å². The van der Waals surface area contributed by atoms with Crippen molar-refractivity contribution in [2.45, 2.75) is 19.3 Å². The second-order valence-corrected chi connectivity index (χ2v) is 6.17. The second-order valence-electron chi connectivity index (χ2n) is 6.17. The van der Waals surface area contributed by atoms with Crippen LogP contribution in [0.5, 0.6) is 11.5 Å². The number of hydrogen-bond donors (Lipinski definition) is 3. The standard InChI is InChI=1S/C18H25N3O3/c1-23-14-9-16-15(17(10-14)24-2)8-13(21-16)4-3-6-20-18(22)12-5-7-19-11-12/h8-10,12,19,21H,3-7,11H2,1-2H3,(H,20,22). The average Bonchev–Trinajstić information content (AvgIpc) is 3.26. The van der Waals surface area contributed by atoms with Crippen molar-refractivity contribution in [3.63, 3.8) is 0 Å². The van der Waals surface area contributed by atoms with E-state index < -0.39 is 0 Å². The van der Waals surface area contributed by atoms with Gasteiger partial charge < -0.3 is 25.1 Å². The highest BCUT2D eigenvalue weighted by Gasteiger charge is 2.21. The van der Waals surface area contributed by atoms with E-state index in [0.29, 0.717) is 6.54 Å². The van der Waals surface area contributed by atoms with Gasteiger partial charge in [-0.25, -0.2) is 0 Å². The summed E-state index contributed by atoms with van der Waals surface area (Å²) in [5.41, 5.74) is 2.13. The fourth-order valence-corrected chi connectivity index (χ4v) is 3.17. The van der Waals surface area contributed by atoms with E-state index in [0.717, 1.165) is 60.4 Å². The van der Waals surface area contributed by atoms with Crippen molar-refractivity contribution < 1.29 is 14.3 Å². The van der Waals surface area contributed by atoms with Crippen molar-refractivity contribution in [1.82, 2.24) is 15.6 Å². The Morgan fingerprint density at radius 3 is 2.88 bits per heavy atom. The minimum atomic E-state index is 0.134. The van der Waals surface area contributed by atoms with Gasteiger partial charge in [0.15, 0.2) is 0 Å². The van der Waals surface area contributed by atoms with Gasteiger partial charge in [-0.3, -0.25) is 4.79 Å². The van der Waals surface area contributed by atoms with Crippen molar-refractivity contribution in [2.75, 3.05) is 33.9 Å². The van der Waals surface area contributed by atoms with Crippen LogP contribution in [0.25, 0.3) is 10.9 Å². The fourth-order valence-electron chi connectivity index (χ4n) is 3.17. The third-order valence-corrected chi connectivity index (χ3v) is 4.54. The predicted molar refractivity (Wildman–Crippen MR) is 93.7 cm³/mol. The first-order valence-corrected chi connectivity index (χ1v) is 8.43. The molecular formula is C18H25N3O3. The van der Waals surface area contributed by atoms with Crippen LogP contribution in [-0.4, -0.2) is 44.7 Å². The lowest BCUT2D eigenvalue weighted by Gasteiger charge is -2.09. The van der Waals surface area contributed by atoms with Gasteiger partial charge in [0.1, 0.15) is 11.5 Å². The highest BCUT2D eigenvalue weighted by atomic mass is 16.5. The minimum absolute atomic E-state index is 0.134. The predicted octanol–water partition coefficient (Wildman–Crippen LogP) is 1.84. The van der Waals surface area contributed by atoms with Gasteiger partial charge in [-0.1, -0.05) is 0 Å². The third-order valence-electron chi connectivity index (χ3n) is 4.54. The Bertz CT molecular complexity index is 705. The molecule has 1 aliphatic rings. The largest absolute Gasteiger partial charge is 0.497 e. The van der Waals surface area contributed by atoms with Gasteiger partial charge in [-0.2, -0.15) is 0 Å². The molecule has 0 bridgehead atoms. The monoisotopic (exact) mass is 331 g/mol. The second kappa shape index (κ2) is 7.57. The number of amides is 1. The molecule has 2 aromatic rings. The summed E-state index contributed by atoms with van der Waals surface area (Å²) >= 11 is 0. The molecule has 1 amide bonds. The molecule has 1 aromatic carbocycles. The van der Waals surface area contributed by atoms with E-state index in [-0.39, 0.29) is 11.8 Å². The maximum absolute atomic E-state index is 12.0. The molecule has 1 fully saturated rings. The molecule has 6 heteroatoms. The molecule has 3 rings (SSSR count). The summed E-state index contributed by atoms with van der Waals surface area (Å²) in [4.78, 5) is 15.4. The molecule has 0 aliphatic carbocycles. The van der Waals surface area contributed by atoms with Crippen LogP contribution >= 0.6 is 0 Å². The highest BCUT2D eigenvalue weighted by Crippen LogP contribution is 2.31. The summed E-state index contributed by atoms with van der Waals surface area (Å²) < 4.78 is 10.7. The zero-order valence-electron chi connectivity index (χ0n) is 14.3. The summed E-state index contributed by atoms with van der Waals surface area (Å²) in [6.07, 6.45) is 2.72. The zero-order chi connectivity index (χ0) is 16.9. The average molecular weight is 331 g/mol. The normalized spacial score (nSPS) is 17.2. The van der Waals surface area contributed by atoms with Crippen molar-refractivity contribution >= 4 is 16.8 Å². The molecule has 1 saturated heterocycles. The van der Waals surface area contributed by atoms with Crippen LogP contribution in [0.3, 0.4) is 0 Å². The molecule has 1 aromatic heterocycles. The number of nitrogens with one attached hydrogen (secondary N) is 3. The van der Waals surface area contributed by atoms with Crippen molar-refractivity contribution in [1.29, 1.82) is 0 Å². The Kier molecular flexibility index (Phi) is 5.25. The molecule has 1 atom stereocenters. The molecular weight excluding hydrogens is 306 g/mol. The fraction of sp³-hybridized carbons (Fsp3) is 0.500. The van der Waals surface area contributed by atoms with E-state index in [9.17, 15) is 4.79 Å². The first-order chi connectivity index (χ1) is 11.7. The van der Waals surface area contributed by atoms with E-state index in [2.05, 4.69) is 21.7 Å². The van der Waals surface area contributed by atoms with Crippen LogP contribution in [0.1, 0.15) is 18.5 Å². The molecule has 2 heterocycles. The Morgan fingerprint density at radius 1 is 1.29 bits per heavy atom. The number of aryl methyl sites for hydroxylation is 1. The number of ether oxygens (including phenoxy) is 2. The number of aromatic amines is 1. The first-order valence-electron chi connectivity index (χ1n) is 8.43. The summed E-state index contributed by atoms with van der Waals surface area (Å²) in [5, 5.41) is 7.30. The van der Waals surface area contributed by atoms with Crippen LogP contribution in [0.4, 0.5) is 0 Å². The SMILES string of the molecule is COc1cc(OC)c2cc(CCCNC(=O)C3CCNC3)[nH]c2c1. The number of carbonyl (C=O) groups is 1. The maximum Gasteiger partial charge on any atom is 0.224 e. The molecule has 0 saturated carbocycles. The molecule has 24 heavy (non-hydrogen) atoms. The first kappa shape index (κ1) is 16.6. The quantitative estimate of drug-likeness (QED) is 0.677. The van der Waals surface area contributed by atoms with Crippen LogP contribution in [0.2, 0.25) is 0 Å². The Labute approximate surface area is 141 Å². The van der Waals surface area contributed by atoms with Gasteiger partial charge in [0, 0.05) is 36.3 Å². The lowest BCUT2D eigenvalue weighted by Crippen LogP contribution is -2.32. The van der Waals surface area contributed by atoms with Crippen LogP contribution in [-0.2, 0) is 11.2 Å². The van der Waals surface area contributed by atoms with E-state index in [1.807, 2.05) is 12.1 Å². The number of benzene rings is 1. The molecule has 1 aliphatic heterocycles. The number of rotatable bonds is 7. The van der Waals surface area contributed by atoms with E-state index in [1.165, 1.54) is 0 Å². The Balaban J connectivity index is 1.56. The summed E-state index contributed by atoms with van der Waals surface area (Å²) in [7, 11) is 3.31. The zero-order valence-corrected chi connectivity index (χ0v) is 14.3. The van der Waals surface area contributed by atoms with E-state index in [4.69, 9.17) is 9.47 Å². The lowest BCUT2D eigenvalue weighted by molar-refractivity contribution is -0.124. The number of hydrogen-bond acceptors (Lipinski definition) is 4. The smallest absolute Gasteiger partial charge is 0.224 e. The van der Waals surface area contributed by atoms with Gasteiger partial charge in [0.2, 0.25) is 5.91 Å². The van der Waals surface area contributed by atoms with Crippen LogP contribution in [0, 0.1) is 5.92 Å². The van der Waals surface area contributed by atoms with Crippen molar-refractivity contribution in [3.05, 3.63) is 23.9 Å². The molecule has 6 nitrogen and oxygen atoms in total. The number of carbonyl (C=O) groups excluding carboxylic acids is 1. The van der Waals surface area contributed by atoms with Crippen molar-refractivity contribution in [2.24, 2.45) is 5.92 Å². The number of methoxy groups -OCH3 is 2. The van der Waals surface area contributed by atoms with Crippen LogP contribution in [0.15, 0.2) is 18.2 Å². The molecule has 0 radical (unpaired) electrons. The number of fused-ring (bicyclic) bond motifs is 1. The molecule has 1 unspecified atom stereocenters. The van der Waals surface area contributed by atoms with Gasteiger partial charge >= 0.3 is 0 Å². The summed E-state index contributed by atoms with van der Waals surface area (Å²) in [6.45, 7) is 2.44. The number of aromatic nitrogens is 1. The van der Waals surface area contributed by atoms with Gasteiger partial charge in [0.25, 0.3) is 0 Å². The van der Waals surface area contributed by atoms with Gasteiger partial charge in [-0.15, -0.1) is 0 Å². The summed E-state index contributed by atoms with van der Waals surface area (Å²) in [6, 6.07) is 5.96. The third kappa shape index (κ3) is 3.64. The lowest BCUT2D eigenvalue weighted by atomic mass is 10.1. The van der Waals surface area contributed by atoms with E-state index in [1.54, 1.807) is 14.2 Å². The molecule has 130 valence electrons. The number of H-pyrrole nitrogens is 1. The van der Waals surface area contributed by atoms with Crippen molar-refractivity contribution in [3.8, 4) is 11.5 Å². The molecule has 3 N–H and O–H groups in total. The minimum Gasteiger partial charge on any atom is -0.497 e. The van der Waals surface area contributed by atoms with E-state index >= 15 is 0 Å². The van der Waals surface area contributed by atoms with Gasteiger partial charge in [0.05, 0.1) is 25.7 Å². The Morgan fingerprint density at radius 2 is 2.17 bits per heavy atom. The molecule has 0 spiro atoms. The van der Waals surface area contributed by atoms with Crippen LogP contribution < -0.4 is 20.1 Å².